The van der Waals surface area contributed by atoms with Crippen LogP contribution in [0.4, 0.5) is 5.69 Å². The van der Waals surface area contributed by atoms with Gasteiger partial charge in [0.05, 0.1) is 4.92 Å². The highest BCUT2D eigenvalue weighted by Gasteiger charge is 2.16. The van der Waals surface area contributed by atoms with Gasteiger partial charge in [0.25, 0.3) is 5.69 Å². The Labute approximate surface area is 82.9 Å². The second-order valence-electron chi connectivity index (χ2n) is 3.24. The number of hydrogen-bond acceptors (Lipinski definition) is 3. The molecule has 0 aliphatic rings. The van der Waals surface area contributed by atoms with Crippen LogP contribution < -0.4 is 5.73 Å². The average Bonchev–Trinajstić information content (AvgIpc) is 2.16. The van der Waals surface area contributed by atoms with Crippen LogP contribution in [-0.2, 0) is 6.42 Å². The molecule has 0 radical (unpaired) electrons. The smallest absolute Gasteiger partial charge is 0.272 e. The Hall–Kier alpha value is -1.42. The lowest BCUT2D eigenvalue weighted by molar-refractivity contribution is -0.385. The Balaban J connectivity index is 3.32. The minimum atomic E-state index is -0.356. The molecule has 0 heterocycles. The molecule has 0 bridgehead atoms. The summed E-state index contributed by atoms with van der Waals surface area (Å²) in [5.74, 6) is 0. The van der Waals surface area contributed by atoms with Crippen LogP contribution in [0.5, 0.6) is 0 Å². The minimum absolute atomic E-state index is 0.162. The molecular weight excluding hydrogens is 180 g/mol. The molecule has 0 aliphatic carbocycles. The highest BCUT2D eigenvalue weighted by molar-refractivity contribution is 5.46. The zero-order chi connectivity index (χ0) is 10.7. The number of rotatable bonds is 3. The number of nitro benzene ring substituents is 1. The van der Waals surface area contributed by atoms with Crippen LogP contribution in [0, 0.1) is 10.1 Å². The maximum atomic E-state index is 10.7. The summed E-state index contributed by atoms with van der Waals surface area (Å²) >= 11 is 0. The van der Waals surface area contributed by atoms with E-state index in [1.165, 1.54) is 6.07 Å². The van der Waals surface area contributed by atoms with Crippen molar-refractivity contribution in [2.45, 2.75) is 26.3 Å². The molecule has 1 atom stereocenters. The van der Waals surface area contributed by atoms with E-state index in [1.807, 2.05) is 19.9 Å². The Morgan fingerprint density at radius 2 is 2.21 bits per heavy atom. The van der Waals surface area contributed by atoms with Gasteiger partial charge in [-0.05, 0) is 18.9 Å². The third-order valence-corrected chi connectivity index (χ3v) is 2.23. The van der Waals surface area contributed by atoms with E-state index >= 15 is 0 Å². The molecule has 4 nitrogen and oxygen atoms in total. The highest BCUT2D eigenvalue weighted by Crippen LogP contribution is 2.26. The van der Waals surface area contributed by atoms with Crippen molar-refractivity contribution in [3.63, 3.8) is 0 Å². The number of hydrogen-bond donors (Lipinski definition) is 1. The van der Waals surface area contributed by atoms with Crippen molar-refractivity contribution in [2.24, 2.45) is 5.73 Å². The van der Waals surface area contributed by atoms with Crippen molar-refractivity contribution in [3.05, 3.63) is 39.4 Å². The van der Waals surface area contributed by atoms with Crippen molar-refractivity contribution in [1.29, 1.82) is 0 Å². The first-order chi connectivity index (χ1) is 6.57. The predicted molar refractivity (Wildman–Crippen MR) is 55.1 cm³/mol. The maximum Gasteiger partial charge on any atom is 0.272 e. The molecule has 1 unspecified atom stereocenters. The van der Waals surface area contributed by atoms with Crippen LogP contribution in [0.1, 0.15) is 31.0 Å². The summed E-state index contributed by atoms with van der Waals surface area (Å²) < 4.78 is 0. The average molecular weight is 194 g/mol. The topological polar surface area (TPSA) is 69.2 Å². The zero-order valence-corrected chi connectivity index (χ0v) is 8.36. The van der Waals surface area contributed by atoms with Gasteiger partial charge in [-0.2, -0.15) is 0 Å². The monoisotopic (exact) mass is 194 g/mol. The lowest BCUT2D eigenvalue weighted by atomic mass is 9.98. The molecule has 0 fully saturated rings. The fourth-order valence-electron chi connectivity index (χ4n) is 1.57. The van der Waals surface area contributed by atoms with E-state index < -0.39 is 0 Å². The summed E-state index contributed by atoms with van der Waals surface area (Å²) in [4.78, 5) is 10.4. The van der Waals surface area contributed by atoms with E-state index in [0.29, 0.717) is 6.42 Å². The minimum Gasteiger partial charge on any atom is -0.324 e. The highest BCUT2D eigenvalue weighted by atomic mass is 16.6. The van der Waals surface area contributed by atoms with Crippen molar-refractivity contribution in [1.82, 2.24) is 0 Å². The van der Waals surface area contributed by atoms with Crippen LogP contribution in [0.15, 0.2) is 18.2 Å². The molecular formula is C10H14N2O2. The molecule has 0 saturated carbocycles. The summed E-state index contributed by atoms with van der Waals surface area (Å²) in [5, 5.41) is 10.7. The molecule has 14 heavy (non-hydrogen) atoms. The van der Waals surface area contributed by atoms with Gasteiger partial charge in [0.2, 0.25) is 0 Å². The molecule has 76 valence electrons. The van der Waals surface area contributed by atoms with Gasteiger partial charge in [-0.15, -0.1) is 0 Å². The van der Waals surface area contributed by atoms with Gasteiger partial charge in [-0.25, -0.2) is 0 Å². The van der Waals surface area contributed by atoms with Gasteiger partial charge in [0.15, 0.2) is 0 Å². The third-order valence-electron chi connectivity index (χ3n) is 2.23. The predicted octanol–water partition coefficient (Wildman–Crippen LogP) is 2.18. The fraction of sp³-hybridized carbons (Fsp3) is 0.400. The Bertz CT molecular complexity index is 348. The van der Waals surface area contributed by atoms with Crippen LogP contribution >= 0.6 is 0 Å². The van der Waals surface area contributed by atoms with Gasteiger partial charge < -0.3 is 5.73 Å². The SMILES string of the molecule is CCc1c(C(C)N)cccc1[N+](=O)[O-]. The van der Waals surface area contributed by atoms with Gasteiger partial charge in [0.1, 0.15) is 0 Å². The van der Waals surface area contributed by atoms with E-state index in [4.69, 9.17) is 5.73 Å². The third kappa shape index (κ3) is 1.90. The van der Waals surface area contributed by atoms with E-state index in [-0.39, 0.29) is 16.7 Å². The molecule has 0 amide bonds. The molecule has 2 N–H and O–H groups in total. The van der Waals surface area contributed by atoms with Crippen molar-refractivity contribution < 1.29 is 4.92 Å². The van der Waals surface area contributed by atoms with Crippen LogP contribution in [0.3, 0.4) is 0 Å². The maximum absolute atomic E-state index is 10.7. The Kier molecular flexibility index (Phi) is 3.19. The second-order valence-corrected chi connectivity index (χ2v) is 3.24. The molecule has 1 aromatic carbocycles. The van der Waals surface area contributed by atoms with Gasteiger partial charge in [-0.1, -0.05) is 19.1 Å². The summed E-state index contributed by atoms with van der Waals surface area (Å²) in [6.45, 7) is 3.73. The number of nitrogens with zero attached hydrogens (tertiary/aromatic N) is 1. The number of nitrogens with two attached hydrogens (primary N) is 1. The first kappa shape index (κ1) is 10.7. The second kappa shape index (κ2) is 4.19. The summed E-state index contributed by atoms with van der Waals surface area (Å²) in [5.41, 5.74) is 7.51. The zero-order valence-electron chi connectivity index (χ0n) is 8.36. The van der Waals surface area contributed by atoms with E-state index in [9.17, 15) is 10.1 Å². The summed E-state index contributed by atoms with van der Waals surface area (Å²) in [7, 11) is 0. The van der Waals surface area contributed by atoms with Gasteiger partial charge in [0, 0.05) is 17.7 Å². The molecule has 0 aliphatic heterocycles. The van der Waals surface area contributed by atoms with Crippen LogP contribution in [0.25, 0.3) is 0 Å². The molecule has 0 spiro atoms. The lowest BCUT2D eigenvalue weighted by Gasteiger charge is -2.10. The van der Waals surface area contributed by atoms with Gasteiger partial charge in [-0.3, -0.25) is 10.1 Å². The van der Waals surface area contributed by atoms with Crippen molar-refractivity contribution in [3.8, 4) is 0 Å². The summed E-state index contributed by atoms with van der Waals surface area (Å²) in [6, 6.07) is 4.88. The summed E-state index contributed by atoms with van der Waals surface area (Å²) in [6.07, 6.45) is 0.633. The van der Waals surface area contributed by atoms with Crippen molar-refractivity contribution >= 4 is 5.69 Å². The quantitative estimate of drug-likeness (QED) is 0.592. The molecule has 1 aromatic rings. The van der Waals surface area contributed by atoms with Crippen molar-refractivity contribution in [2.75, 3.05) is 0 Å². The lowest BCUT2D eigenvalue weighted by Crippen LogP contribution is -2.09. The normalized spacial score (nSPS) is 12.5. The van der Waals surface area contributed by atoms with E-state index in [0.717, 1.165) is 11.1 Å². The first-order valence-corrected chi connectivity index (χ1v) is 4.59. The number of benzene rings is 1. The molecule has 1 rings (SSSR count). The molecule has 4 heteroatoms. The first-order valence-electron chi connectivity index (χ1n) is 4.59. The molecule has 0 aromatic heterocycles. The van der Waals surface area contributed by atoms with E-state index in [2.05, 4.69) is 0 Å². The molecule has 0 saturated heterocycles. The number of nitro groups is 1. The van der Waals surface area contributed by atoms with Crippen LogP contribution in [0.2, 0.25) is 0 Å². The Morgan fingerprint density at radius 3 is 2.64 bits per heavy atom. The van der Waals surface area contributed by atoms with Gasteiger partial charge >= 0.3 is 0 Å². The fourth-order valence-corrected chi connectivity index (χ4v) is 1.57. The largest absolute Gasteiger partial charge is 0.324 e. The standard InChI is InChI=1S/C10H14N2O2/c1-3-8-9(7(2)11)5-4-6-10(8)12(13)14/h4-7H,3,11H2,1-2H3. The van der Waals surface area contributed by atoms with Crippen LogP contribution in [-0.4, -0.2) is 4.92 Å². The Morgan fingerprint density at radius 1 is 1.57 bits per heavy atom. The van der Waals surface area contributed by atoms with E-state index in [1.54, 1.807) is 6.07 Å².